The van der Waals surface area contributed by atoms with Crippen LogP contribution in [0.2, 0.25) is 0 Å². The molecule has 0 aliphatic heterocycles. The SMILES string of the molecule is Cc1nc(CCCC(C)Cl)cs1. The average Bonchev–Trinajstić information content (AvgIpc) is 2.35. The van der Waals surface area contributed by atoms with Crippen LogP contribution in [0.15, 0.2) is 5.38 Å². The number of thiazole rings is 1. The van der Waals surface area contributed by atoms with Crippen molar-refractivity contribution in [3.05, 3.63) is 16.1 Å². The summed E-state index contributed by atoms with van der Waals surface area (Å²) in [6.07, 6.45) is 3.30. The van der Waals surface area contributed by atoms with Crippen molar-refractivity contribution in [2.75, 3.05) is 0 Å². The fourth-order valence-electron chi connectivity index (χ4n) is 1.09. The molecule has 0 saturated carbocycles. The maximum absolute atomic E-state index is 5.83. The van der Waals surface area contributed by atoms with Crippen molar-refractivity contribution in [1.82, 2.24) is 4.98 Å². The zero-order chi connectivity index (χ0) is 8.97. The van der Waals surface area contributed by atoms with E-state index in [-0.39, 0.29) is 0 Å². The Hall–Kier alpha value is -0.0800. The summed E-state index contributed by atoms with van der Waals surface area (Å²) >= 11 is 7.55. The number of hydrogen-bond donors (Lipinski definition) is 0. The summed E-state index contributed by atoms with van der Waals surface area (Å²) < 4.78 is 0. The van der Waals surface area contributed by atoms with E-state index in [0.717, 1.165) is 24.3 Å². The van der Waals surface area contributed by atoms with E-state index in [4.69, 9.17) is 11.6 Å². The van der Waals surface area contributed by atoms with E-state index in [1.165, 1.54) is 5.69 Å². The molecule has 1 atom stereocenters. The Labute approximate surface area is 82.8 Å². The molecule has 12 heavy (non-hydrogen) atoms. The van der Waals surface area contributed by atoms with Gasteiger partial charge < -0.3 is 0 Å². The van der Waals surface area contributed by atoms with Crippen molar-refractivity contribution in [3.63, 3.8) is 0 Å². The van der Waals surface area contributed by atoms with Gasteiger partial charge in [0.25, 0.3) is 0 Å². The van der Waals surface area contributed by atoms with E-state index in [1.54, 1.807) is 11.3 Å². The summed E-state index contributed by atoms with van der Waals surface area (Å²) in [5, 5.41) is 3.59. The molecule has 1 aromatic heterocycles. The fraction of sp³-hybridized carbons (Fsp3) is 0.667. The minimum absolute atomic E-state index is 0.296. The molecule has 0 spiro atoms. The molecule has 1 aromatic rings. The van der Waals surface area contributed by atoms with E-state index in [2.05, 4.69) is 10.4 Å². The van der Waals surface area contributed by atoms with Gasteiger partial charge in [0.2, 0.25) is 0 Å². The van der Waals surface area contributed by atoms with Gasteiger partial charge in [-0.1, -0.05) is 0 Å². The molecule has 0 radical (unpaired) electrons. The molecule has 0 amide bonds. The molecule has 68 valence electrons. The minimum Gasteiger partial charge on any atom is -0.247 e. The second kappa shape index (κ2) is 4.83. The lowest BCUT2D eigenvalue weighted by Gasteiger charge is -1.99. The van der Waals surface area contributed by atoms with Crippen molar-refractivity contribution in [1.29, 1.82) is 0 Å². The summed E-state index contributed by atoms with van der Waals surface area (Å²) in [4.78, 5) is 4.38. The van der Waals surface area contributed by atoms with Gasteiger partial charge in [0, 0.05) is 10.8 Å². The quantitative estimate of drug-likeness (QED) is 0.684. The standard InChI is InChI=1S/C9H14ClNS/c1-7(10)4-3-5-9-6-12-8(2)11-9/h6-7H,3-5H2,1-2H3. The first-order valence-electron chi connectivity index (χ1n) is 4.23. The molecule has 1 nitrogen and oxygen atoms in total. The average molecular weight is 204 g/mol. The van der Waals surface area contributed by atoms with E-state index < -0.39 is 0 Å². The van der Waals surface area contributed by atoms with E-state index >= 15 is 0 Å². The number of aryl methyl sites for hydroxylation is 2. The molecular formula is C9H14ClNS. The van der Waals surface area contributed by atoms with Gasteiger partial charge in [0.1, 0.15) is 0 Å². The highest BCUT2D eigenvalue weighted by molar-refractivity contribution is 7.09. The number of alkyl halides is 1. The highest BCUT2D eigenvalue weighted by Gasteiger charge is 2.00. The summed E-state index contributed by atoms with van der Waals surface area (Å²) in [6, 6.07) is 0. The Bertz CT molecular complexity index is 232. The van der Waals surface area contributed by atoms with Crippen molar-refractivity contribution in [3.8, 4) is 0 Å². The second-order valence-electron chi connectivity index (χ2n) is 3.03. The lowest BCUT2D eigenvalue weighted by Crippen LogP contribution is -1.93. The topological polar surface area (TPSA) is 12.9 Å². The molecule has 0 bridgehead atoms. The molecule has 0 saturated heterocycles. The van der Waals surface area contributed by atoms with Crippen LogP contribution >= 0.6 is 22.9 Å². The minimum atomic E-state index is 0.296. The van der Waals surface area contributed by atoms with Crippen LogP contribution in [-0.4, -0.2) is 10.4 Å². The third-order valence-electron chi connectivity index (χ3n) is 1.70. The van der Waals surface area contributed by atoms with Gasteiger partial charge in [-0.3, -0.25) is 0 Å². The zero-order valence-corrected chi connectivity index (χ0v) is 9.08. The molecule has 3 heteroatoms. The van der Waals surface area contributed by atoms with Crippen molar-refractivity contribution < 1.29 is 0 Å². The maximum Gasteiger partial charge on any atom is 0.0897 e. The number of halogens is 1. The van der Waals surface area contributed by atoms with Gasteiger partial charge in [-0.25, -0.2) is 4.98 Å². The number of rotatable bonds is 4. The molecule has 1 heterocycles. The normalized spacial score (nSPS) is 13.2. The Kier molecular flexibility index (Phi) is 4.02. The monoisotopic (exact) mass is 203 g/mol. The first kappa shape index (κ1) is 10.0. The van der Waals surface area contributed by atoms with E-state index in [0.29, 0.717) is 5.38 Å². The summed E-state index contributed by atoms with van der Waals surface area (Å²) in [5.74, 6) is 0. The number of hydrogen-bond acceptors (Lipinski definition) is 2. The third-order valence-corrected chi connectivity index (χ3v) is 2.74. The molecule has 0 aromatic carbocycles. The second-order valence-corrected chi connectivity index (χ2v) is 4.84. The molecule has 1 rings (SSSR count). The van der Waals surface area contributed by atoms with Crippen LogP contribution in [0, 0.1) is 6.92 Å². The highest BCUT2D eigenvalue weighted by Crippen LogP contribution is 2.12. The lowest BCUT2D eigenvalue weighted by atomic mass is 10.2. The number of aromatic nitrogens is 1. The zero-order valence-electron chi connectivity index (χ0n) is 7.51. The van der Waals surface area contributed by atoms with Gasteiger partial charge in [-0.05, 0) is 33.1 Å². The van der Waals surface area contributed by atoms with Gasteiger partial charge in [0.05, 0.1) is 10.7 Å². The van der Waals surface area contributed by atoms with Crippen LogP contribution in [0.3, 0.4) is 0 Å². The van der Waals surface area contributed by atoms with Gasteiger partial charge >= 0.3 is 0 Å². The van der Waals surface area contributed by atoms with E-state index in [9.17, 15) is 0 Å². The molecular weight excluding hydrogens is 190 g/mol. The summed E-state index contributed by atoms with van der Waals surface area (Å²) in [7, 11) is 0. The van der Waals surface area contributed by atoms with Gasteiger partial charge in [-0.15, -0.1) is 22.9 Å². The van der Waals surface area contributed by atoms with E-state index in [1.807, 2.05) is 13.8 Å². The third kappa shape index (κ3) is 3.55. The Balaban J connectivity index is 2.24. The molecule has 0 aliphatic rings. The lowest BCUT2D eigenvalue weighted by molar-refractivity contribution is 0.715. The largest absolute Gasteiger partial charge is 0.247 e. The predicted octanol–water partition coefficient (Wildman–Crippen LogP) is 3.40. The van der Waals surface area contributed by atoms with Crippen LogP contribution in [0.5, 0.6) is 0 Å². The van der Waals surface area contributed by atoms with Crippen LogP contribution in [0.25, 0.3) is 0 Å². The molecule has 0 fully saturated rings. The van der Waals surface area contributed by atoms with Crippen molar-refractivity contribution >= 4 is 22.9 Å². The highest BCUT2D eigenvalue weighted by atomic mass is 35.5. The smallest absolute Gasteiger partial charge is 0.0897 e. The van der Waals surface area contributed by atoms with Crippen molar-refractivity contribution in [2.45, 2.75) is 38.5 Å². The molecule has 0 N–H and O–H groups in total. The van der Waals surface area contributed by atoms with Crippen molar-refractivity contribution in [2.24, 2.45) is 0 Å². The number of nitrogens with zero attached hydrogens (tertiary/aromatic N) is 1. The van der Waals surface area contributed by atoms with Crippen LogP contribution in [-0.2, 0) is 6.42 Å². The van der Waals surface area contributed by atoms with Crippen LogP contribution in [0.1, 0.15) is 30.5 Å². The Morgan fingerprint density at radius 1 is 1.67 bits per heavy atom. The van der Waals surface area contributed by atoms with Crippen LogP contribution < -0.4 is 0 Å². The maximum atomic E-state index is 5.83. The summed E-state index contributed by atoms with van der Waals surface area (Å²) in [5.41, 5.74) is 1.22. The van der Waals surface area contributed by atoms with Gasteiger partial charge in [-0.2, -0.15) is 0 Å². The fourth-order valence-corrected chi connectivity index (χ4v) is 1.89. The van der Waals surface area contributed by atoms with Crippen LogP contribution in [0.4, 0.5) is 0 Å². The predicted molar refractivity (Wildman–Crippen MR) is 55.1 cm³/mol. The molecule has 0 aliphatic carbocycles. The summed E-state index contributed by atoms with van der Waals surface area (Å²) in [6.45, 7) is 4.08. The Morgan fingerprint density at radius 3 is 2.92 bits per heavy atom. The first-order valence-corrected chi connectivity index (χ1v) is 5.55. The van der Waals surface area contributed by atoms with Gasteiger partial charge in [0.15, 0.2) is 0 Å². The Morgan fingerprint density at radius 2 is 2.42 bits per heavy atom. The first-order chi connectivity index (χ1) is 5.68. The molecule has 1 unspecified atom stereocenters.